The molecule has 2 aliphatic rings. The topological polar surface area (TPSA) is 84.4 Å². The van der Waals surface area contributed by atoms with Crippen LogP contribution in [0.15, 0.2) is 91.0 Å². The van der Waals surface area contributed by atoms with Gasteiger partial charge in [-0.1, -0.05) is 66.7 Å². The molecule has 8 nitrogen and oxygen atoms in total. The third kappa shape index (κ3) is 5.06. The van der Waals surface area contributed by atoms with Gasteiger partial charge in [-0.15, -0.1) is 0 Å². The van der Waals surface area contributed by atoms with Crippen LogP contribution in [0.25, 0.3) is 0 Å². The van der Waals surface area contributed by atoms with Gasteiger partial charge >= 0.3 is 18.0 Å². The zero-order valence-corrected chi connectivity index (χ0v) is 22.3. The highest BCUT2D eigenvalue weighted by molar-refractivity contribution is 6.01. The SMILES string of the molecule is C[C@@H](c1ccccc1)N(C)C(=O)N1[C@H]2CCC[C@@H]1[C@@H](C(=O)O)N(C(=O)N(c1ccccc1)c1ccccc1)C2. The van der Waals surface area contributed by atoms with Crippen LogP contribution in [-0.4, -0.2) is 69.6 Å². The van der Waals surface area contributed by atoms with Crippen molar-refractivity contribution in [2.75, 3.05) is 18.5 Å². The third-order valence-electron chi connectivity index (χ3n) is 8.00. The fraction of sp³-hybridized carbons (Fsp3) is 0.323. The van der Waals surface area contributed by atoms with Gasteiger partial charge in [0.1, 0.15) is 0 Å². The molecule has 4 amide bonds. The number of piperidine rings is 1. The summed E-state index contributed by atoms with van der Waals surface area (Å²) in [6, 6.07) is 25.4. The molecule has 2 bridgehead atoms. The summed E-state index contributed by atoms with van der Waals surface area (Å²) in [5.74, 6) is -1.11. The minimum atomic E-state index is -1.16. The van der Waals surface area contributed by atoms with Crippen LogP contribution in [0.4, 0.5) is 21.0 Å². The van der Waals surface area contributed by atoms with E-state index in [1.165, 1.54) is 4.90 Å². The minimum Gasteiger partial charge on any atom is -0.480 e. The van der Waals surface area contributed by atoms with E-state index < -0.39 is 24.1 Å². The molecule has 0 saturated carbocycles. The normalized spacial score (nSPS) is 21.1. The van der Waals surface area contributed by atoms with Crippen LogP contribution < -0.4 is 4.90 Å². The Morgan fingerprint density at radius 3 is 1.90 bits per heavy atom. The van der Waals surface area contributed by atoms with E-state index in [0.29, 0.717) is 24.2 Å². The van der Waals surface area contributed by atoms with Gasteiger partial charge in [0.25, 0.3) is 0 Å². The van der Waals surface area contributed by atoms with E-state index in [1.807, 2.05) is 97.9 Å². The number of para-hydroxylation sites is 2. The number of carboxylic acid groups (broad SMARTS) is 1. The average molecular weight is 527 g/mol. The molecule has 8 heteroatoms. The van der Waals surface area contributed by atoms with Gasteiger partial charge in [-0.3, -0.25) is 4.90 Å². The Hall–Kier alpha value is -4.33. The lowest BCUT2D eigenvalue weighted by Crippen LogP contribution is -2.72. The number of carboxylic acids is 1. The van der Waals surface area contributed by atoms with E-state index in [-0.39, 0.29) is 24.7 Å². The number of anilines is 2. The number of carbonyl (C=O) groups excluding carboxylic acids is 2. The van der Waals surface area contributed by atoms with Crippen LogP contribution in [0.5, 0.6) is 0 Å². The van der Waals surface area contributed by atoms with Crippen LogP contribution in [0.3, 0.4) is 0 Å². The average Bonchev–Trinajstić information content (AvgIpc) is 2.96. The first kappa shape index (κ1) is 26.3. The highest BCUT2D eigenvalue weighted by Gasteiger charge is 2.52. The van der Waals surface area contributed by atoms with Crippen molar-refractivity contribution < 1.29 is 19.5 Å². The molecule has 5 rings (SSSR count). The molecular formula is C31H34N4O4. The van der Waals surface area contributed by atoms with Gasteiger partial charge in [0, 0.05) is 13.6 Å². The van der Waals surface area contributed by atoms with Crippen molar-refractivity contribution in [2.24, 2.45) is 0 Å². The summed E-state index contributed by atoms with van der Waals surface area (Å²) in [6.07, 6.45) is 2.04. The van der Waals surface area contributed by atoms with E-state index in [9.17, 15) is 19.5 Å². The number of urea groups is 2. The second-order valence-electron chi connectivity index (χ2n) is 10.3. The fourth-order valence-electron chi connectivity index (χ4n) is 5.90. The van der Waals surface area contributed by atoms with E-state index in [1.54, 1.807) is 21.7 Å². The van der Waals surface area contributed by atoms with Crippen LogP contribution in [-0.2, 0) is 4.79 Å². The van der Waals surface area contributed by atoms with Gasteiger partial charge in [-0.25, -0.2) is 14.4 Å². The summed E-state index contributed by atoms with van der Waals surface area (Å²) >= 11 is 0. The summed E-state index contributed by atoms with van der Waals surface area (Å²) in [5.41, 5.74) is 2.30. The molecule has 0 spiro atoms. The van der Waals surface area contributed by atoms with Gasteiger partial charge < -0.3 is 19.8 Å². The summed E-state index contributed by atoms with van der Waals surface area (Å²) in [6.45, 7) is 2.12. The number of piperazine rings is 1. The Morgan fingerprint density at radius 2 is 1.36 bits per heavy atom. The maximum atomic E-state index is 14.2. The van der Waals surface area contributed by atoms with Gasteiger partial charge in [-0.05, 0) is 56.0 Å². The molecule has 2 saturated heterocycles. The maximum Gasteiger partial charge on any atom is 0.329 e. The standard InChI is InChI=1S/C31H34N4O4/c1-22(23-13-6-3-7-14-23)32(2)30(38)35-26-19-12-20-27(35)28(29(36)37)33(21-26)31(39)34(24-15-8-4-9-16-24)25-17-10-5-11-18-25/h3-11,13-18,22,26-28H,12,19-21H2,1-2H3,(H,36,37)/t22-,26-,27+,28-/m0/s1. The minimum absolute atomic E-state index is 0.155. The molecule has 0 radical (unpaired) electrons. The predicted molar refractivity (Wildman–Crippen MR) is 150 cm³/mol. The van der Waals surface area contributed by atoms with Crippen molar-refractivity contribution in [2.45, 2.75) is 50.4 Å². The van der Waals surface area contributed by atoms with Crippen LogP contribution >= 0.6 is 0 Å². The first-order chi connectivity index (χ1) is 18.9. The number of hydrogen-bond donors (Lipinski definition) is 1. The Kier molecular flexibility index (Phi) is 7.54. The molecule has 0 unspecified atom stereocenters. The molecule has 0 aromatic heterocycles. The van der Waals surface area contributed by atoms with Crippen molar-refractivity contribution in [1.29, 1.82) is 0 Å². The zero-order valence-electron chi connectivity index (χ0n) is 22.3. The Morgan fingerprint density at radius 1 is 0.821 bits per heavy atom. The molecule has 3 aromatic rings. The highest BCUT2D eigenvalue weighted by atomic mass is 16.4. The Labute approximate surface area is 229 Å². The summed E-state index contributed by atoms with van der Waals surface area (Å²) in [5, 5.41) is 10.5. The summed E-state index contributed by atoms with van der Waals surface area (Å²) < 4.78 is 0. The van der Waals surface area contributed by atoms with Gasteiger partial charge in [-0.2, -0.15) is 0 Å². The number of nitrogens with zero attached hydrogens (tertiary/aromatic N) is 4. The number of fused-ring (bicyclic) bond motifs is 2. The number of likely N-dealkylation sites (tertiary alicyclic amines) is 1. The van der Waals surface area contributed by atoms with E-state index in [4.69, 9.17) is 0 Å². The maximum absolute atomic E-state index is 14.2. The van der Waals surface area contributed by atoms with Gasteiger partial charge in [0.2, 0.25) is 0 Å². The van der Waals surface area contributed by atoms with Crippen molar-refractivity contribution in [1.82, 2.24) is 14.7 Å². The number of amides is 4. The lowest BCUT2D eigenvalue weighted by molar-refractivity contribution is -0.148. The Balaban J connectivity index is 1.47. The molecule has 2 aliphatic heterocycles. The molecule has 0 aliphatic carbocycles. The van der Waals surface area contributed by atoms with Crippen molar-refractivity contribution in [3.8, 4) is 0 Å². The first-order valence-corrected chi connectivity index (χ1v) is 13.4. The van der Waals surface area contributed by atoms with E-state index in [2.05, 4.69) is 0 Å². The smallest absolute Gasteiger partial charge is 0.329 e. The highest BCUT2D eigenvalue weighted by Crippen LogP contribution is 2.37. The second-order valence-corrected chi connectivity index (χ2v) is 10.3. The summed E-state index contributed by atoms with van der Waals surface area (Å²) in [4.78, 5) is 47.3. The first-order valence-electron chi connectivity index (χ1n) is 13.4. The third-order valence-corrected chi connectivity index (χ3v) is 8.00. The number of rotatable bonds is 5. The predicted octanol–water partition coefficient (Wildman–Crippen LogP) is 5.75. The molecule has 2 fully saturated rings. The van der Waals surface area contributed by atoms with Crippen molar-refractivity contribution >= 4 is 29.4 Å². The van der Waals surface area contributed by atoms with Crippen molar-refractivity contribution in [3.05, 3.63) is 96.6 Å². The molecule has 2 heterocycles. The van der Waals surface area contributed by atoms with Crippen LogP contribution in [0.2, 0.25) is 0 Å². The number of carbonyl (C=O) groups is 3. The second kappa shape index (κ2) is 11.2. The molecule has 3 aromatic carbocycles. The number of benzene rings is 3. The molecular weight excluding hydrogens is 492 g/mol. The lowest BCUT2D eigenvalue weighted by Gasteiger charge is -2.54. The van der Waals surface area contributed by atoms with Gasteiger partial charge in [0.05, 0.1) is 29.5 Å². The molecule has 1 N–H and O–H groups in total. The fourth-order valence-corrected chi connectivity index (χ4v) is 5.90. The van der Waals surface area contributed by atoms with Gasteiger partial charge in [0.15, 0.2) is 6.04 Å². The quantitative estimate of drug-likeness (QED) is 0.459. The van der Waals surface area contributed by atoms with Crippen LogP contribution in [0.1, 0.15) is 37.8 Å². The van der Waals surface area contributed by atoms with E-state index in [0.717, 1.165) is 12.0 Å². The van der Waals surface area contributed by atoms with Crippen LogP contribution in [0, 0.1) is 0 Å². The van der Waals surface area contributed by atoms with E-state index >= 15 is 0 Å². The summed E-state index contributed by atoms with van der Waals surface area (Å²) in [7, 11) is 1.76. The molecule has 39 heavy (non-hydrogen) atoms. The largest absolute Gasteiger partial charge is 0.480 e. The monoisotopic (exact) mass is 526 g/mol. The Bertz CT molecular complexity index is 1260. The van der Waals surface area contributed by atoms with Crippen molar-refractivity contribution in [3.63, 3.8) is 0 Å². The molecule has 4 atom stereocenters. The number of hydrogen-bond acceptors (Lipinski definition) is 3. The lowest BCUT2D eigenvalue weighted by atomic mass is 9.86. The zero-order chi connectivity index (χ0) is 27.5. The molecule has 202 valence electrons. The number of aliphatic carboxylic acids is 1.